The van der Waals surface area contributed by atoms with Crippen LogP contribution in [-0.2, 0) is 9.09 Å². The van der Waals surface area contributed by atoms with Gasteiger partial charge < -0.3 is 9.79 Å². The average molecular weight is 1260 g/mol. The van der Waals surface area contributed by atoms with E-state index in [0.717, 1.165) is 161 Å². The molecule has 0 aromatic carbocycles. The van der Waals surface area contributed by atoms with Crippen molar-refractivity contribution in [1.29, 1.82) is 0 Å². The van der Waals surface area contributed by atoms with Crippen LogP contribution in [0.3, 0.4) is 0 Å². The first-order valence-corrected chi connectivity index (χ1v) is 37.4. The van der Waals surface area contributed by atoms with Crippen molar-refractivity contribution in [3.63, 3.8) is 0 Å². The second-order valence-corrected chi connectivity index (χ2v) is 29.2. The van der Waals surface area contributed by atoms with Gasteiger partial charge in [0.2, 0.25) is 0 Å². The zero-order valence-corrected chi connectivity index (χ0v) is 62.9. The Labute approximate surface area is 559 Å². The molecule has 0 amide bonds. The van der Waals surface area contributed by atoms with Gasteiger partial charge in [-0.2, -0.15) is 0 Å². The highest BCUT2D eigenvalue weighted by Crippen LogP contribution is 2.36. The Morgan fingerprint density at radius 2 is 0.400 bits per heavy atom. The Morgan fingerprint density at radius 1 is 0.256 bits per heavy atom. The van der Waals surface area contributed by atoms with Crippen LogP contribution in [0.4, 0.5) is 0 Å². The van der Waals surface area contributed by atoms with Gasteiger partial charge >= 0.3 is 7.82 Å². The fourth-order valence-corrected chi connectivity index (χ4v) is 11.2. The van der Waals surface area contributed by atoms with Gasteiger partial charge in [-0.05, 0) is 336 Å². The van der Waals surface area contributed by atoms with Gasteiger partial charge in [0.05, 0.1) is 6.61 Å². The molecular formula is C85H141O4P. The van der Waals surface area contributed by atoms with Crippen molar-refractivity contribution in [1.82, 2.24) is 0 Å². The third-order valence-corrected chi connectivity index (χ3v) is 18.1. The highest BCUT2D eigenvalue weighted by Gasteiger charge is 2.14. The maximum atomic E-state index is 10.8. The topological polar surface area (TPSA) is 66.8 Å². The summed E-state index contributed by atoms with van der Waals surface area (Å²) in [4.78, 5) is 17.7. The monoisotopic (exact) mass is 1260 g/mol. The van der Waals surface area contributed by atoms with E-state index in [-0.39, 0.29) is 6.61 Å². The number of hydrogen-bond acceptors (Lipinski definition) is 2. The molecule has 0 aliphatic heterocycles. The number of rotatable bonds is 52. The Hall–Kier alpha value is -4.05. The molecule has 0 aliphatic rings. The lowest BCUT2D eigenvalue weighted by Gasteiger charge is -2.11. The minimum atomic E-state index is -4.36. The average Bonchev–Trinajstić information content (AvgIpc) is 3.53. The molecule has 0 heterocycles. The molecule has 0 saturated heterocycles. The first-order valence-electron chi connectivity index (χ1n) is 35.9. The summed E-state index contributed by atoms with van der Waals surface area (Å²) in [7, 11) is -4.36. The van der Waals surface area contributed by atoms with Crippen LogP contribution in [0.15, 0.2) is 186 Å². The molecule has 0 radical (unpaired) electrons. The smallest absolute Gasteiger partial charge is 0.303 e. The van der Waals surface area contributed by atoms with Crippen LogP contribution in [-0.4, -0.2) is 16.4 Å². The molecule has 0 fully saturated rings. The standard InChI is InChI=1S/C85H141O4P/c1-69(2)35-19-36-70(3)37-20-38-71(4)39-21-40-72(5)41-22-42-73(6)43-23-44-74(7)45-24-46-75(8)47-25-48-76(9)49-26-50-77(10)51-27-52-78(11)53-28-54-79(12)55-29-56-80(13)57-30-58-81(14)59-31-60-82(15)61-32-62-83(16)63-33-64-84(17)65-34-66-85(18)67-68-89-90(86,87)88/h35,37,39,41,43,45,47,49,51,53,55,57,59,61,63,65,85H,19-34,36,38,40,42,44,46,48,50,52,54,56,58,60,62,64,66-68H2,1-18H3,(H2,86,87,88)/b70-37+,71-39+,72-41-,73-43-,74-45-,75-47-,76-49-,77-51-,78-53-,79-55-,80-57-,81-59-,82-61-,83-63-,84-65-. The van der Waals surface area contributed by atoms with E-state index in [1.165, 1.54) is 134 Å². The van der Waals surface area contributed by atoms with Crippen LogP contribution in [0.1, 0.15) is 337 Å². The molecule has 0 rings (SSSR count). The van der Waals surface area contributed by atoms with Crippen LogP contribution in [0.2, 0.25) is 0 Å². The lowest BCUT2D eigenvalue weighted by Crippen LogP contribution is -2.00. The van der Waals surface area contributed by atoms with Gasteiger partial charge in [-0.25, -0.2) is 4.57 Å². The normalized spacial score (nSPS) is 15.4. The van der Waals surface area contributed by atoms with Gasteiger partial charge in [0.1, 0.15) is 0 Å². The number of allylic oxidation sites excluding steroid dienone is 32. The minimum absolute atomic E-state index is 0.105. The van der Waals surface area contributed by atoms with E-state index >= 15 is 0 Å². The third kappa shape index (κ3) is 59.0. The summed E-state index contributed by atoms with van der Waals surface area (Å²) in [6.07, 6.45) is 76.1. The molecule has 1 atom stereocenters. The fourth-order valence-electron chi connectivity index (χ4n) is 10.9. The van der Waals surface area contributed by atoms with Crippen LogP contribution in [0, 0.1) is 5.92 Å². The van der Waals surface area contributed by atoms with Crippen LogP contribution >= 0.6 is 7.82 Å². The van der Waals surface area contributed by atoms with Crippen LogP contribution in [0.5, 0.6) is 0 Å². The van der Waals surface area contributed by atoms with Gasteiger partial charge in [-0.3, -0.25) is 4.52 Å². The number of phosphoric acid groups is 1. The first-order chi connectivity index (χ1) is 42.7. The zero-order chi connectivity index (χ0) is 67.4. The second kappa shape index (κ2) is 55.4. The SMILES string of the molecule is CC(C)=CCC/C(C)=C/CC/C(C)=C/CC/C(C)=C\CC/C(C)=C\CC/C(C)=C\CC/C(C)=C\CC/C(C)=C\CC/C(C)=C\CC/C(C)=C\CC/C(C)=C\CC/C(C)=C\CC/C(C)=C\CC/C(C)=C\CC/C(C)=C\CC/C(C)=C\CCC(C)CCOP(=O)(O)O. The molecule has 4 nitrogen and oxygen atoms in total. The maximum absolute atomic E-state index is 10.8. The van der Waals surface area contributed by atoms with E-state index in [4.69, 9.17) is 9.79 Å². The molecule has 0 aliphatic carbocycles. The van der Waals surface area contributed by atoms with E-state index in [1.54, 1.807) is 0 Å². The van der Waals surface area contributed by atoms with Crippen molar-refractivity contribution >= 4 is 7.82 Å². The summed E-state index contributed by atoms with van der Waals surface area (Å²) in [5.74, 6) is 0.373. The molecule has 510 valence electrons. The highest BCUT2D eigenvalue weighted by atomic mass is 31.2. The Bertz CT molecular complexity index is 2550. The number of hydrogen-bond donors (Lipinski definition) is 2. The molecule has 0 aromatic rings. The minimum Gasteiger partial charge on any atom is -0.303 e. The third-order valence-electron chi connectivity index (χ3n) is 17.6. The van der Waals surface area contributed by atoms with E-state index in [2.05, 4.69) is 226 Å². The quantitative estimate of drug-likeness (QED) is 0.0470. The molecular weight excluding hydrogens is 1120 g/mol. The largest absolute Gasteiger partial charge is 0.469 e. The second-order valence-electron chi connectivity index (χ2n) is 27.9. The van der Waals surface area contributed by atoms with Crippen molar-refractivity contribution < 1.29 is 18.9 Å². The Morgan fingerprint density at radius 3 is 0.544 bits per heavy atom. The summed E-state index contributed by atoms with van der Waals surface area (Å²) in [6, 6.07) is 0. The van der Waals surface area contributed by atoms with Crippen molar-refractivity contribution in [2.24, 2.45) is 5.92 Å². The van der Waals surface area contributed by atoms with Gasteiger partial charge in [-0.15, -0.1) is 0 Å². The summed E-state index contributed by atoms with van der Waals surface area (Å²) in [6.45, 7) is 41.0. The van der Waals surface area contributed by atoms with E-state index < -0.39 is 7.82 Å². The lowest BCUT2D eigenvalue weighted by atomic mass is 10.0. The molecule has 0 spiro atoms. The fraction of sp³-hybridized carbons (Fsp3) is 0.624. The van der Waals surface area contributed by atoms with Gasteiger partial charge in [0.25, 0.3) is 0 Å². The highest BCUT2D eigenvalue weighted by molar-refractivity contribution is 7.46. The van der Waals surface area contributed by atoms with E-state index in [0.29, 0.717) is 12.3 Å². The molecule has 0 aromatic heterocycles. The van der Waals surface area contributed by atoms with Gasteiger partial charge in [0, 0.05) is 0 Å². The molecule has 5 heteroatoms. The van der Waals surface area contributed by atoms with E-state index in [9.17, 15) is 4.57 Å². The molecule has 0 saturated carbocycles. The Balaban J connectivity index is 4.33. The zero-order valence-electron chi connectivity index (χ0n) is 62.0. The first kappa shape index (κ1) is 85.9. The summed E-state index contributed by atoms with van der Waals surface area (Å²) in [5.41, 5.74) is 24.1. The van der Waals surface area contributed by atoms with Crippen LogP contribution in [0.25, 0.3) is 0 Å². The summed E-state index contributed by atoms with van der Waals surface area (Å²) in [5, 5.41) is 0. The lowest BCUT2D eigenvalue weighted by molar-refractivity contribution is 0.185. The van der Waals surface area contributed by atoms with Crippen molar-refractivity contribution in [2.75, 3.05) is 6.61 Å². The van der Waals surface area contributed by atoms with Crippen molar-refractivity contribution in [3.05, 3.63) is 186 Å². The van der Waals surface area contributed by atoms with Gasteiger partial charge in [0.15, 0.2) is 0 Å². The Kier molecular flexibility index (Phi) is 52.9. The van der Waals surface area contributed by atoms with Gasteiger partial charge in [-0.1, -0.05) is 193 Å². The van der Waals surface area contributed by atoms with Crippen molar-refractivity contribution in [3.8, 4) is 0 Å². The molecule has 2 N–H and O–H groups in total. The molecule has 1 unspecified atom stereocenters. The summed E-state index contributed by atoms with van der Waals surface area (Å²) < 4.78 is 15.4. The number of phosphoric ester groups is 1. The van der Waals surface area contributed by atoms with E-state index in [1.807, 2.05) is 0 Å². The van der Waals surface area contributed by atoms with Crippen LogP contribution < -0.4 is 0 Å². The predicted octanol–water partition coefficient (Wildman–Crippen LogP) is 28.8. The predicted molar refractivity (Wildman–Crippen MR) is 405 cm³/mol. The summed E-state index contributed by atoms with van der Waals surface area (Å²) >= 11 is 0. The molecule has 0 bridgehead atoms. The van der Waals surface area contributed by atoms with Crippen molar-refractivity contribution in [2.45, 2.75) is 337 Å². The molecule has 90 heavy (non-hydrogen) atoms. The maximum Gasteiger partial charge on any atom is 0.469 e.